The van der Waals surface area contributed by atoms with E-state index in [-0.39, 0.29) is 10.8 Å². The molecule has 124 valence electrons. The van der Waals surface area contributed by atoms with Gasteiger partial charge in [-0.05, 0) is 0 Å². The van der Waals surface area contributed by atoms with Gasteiger partial charge in [-0.15, -0.1) is 0 Å². The van der Waals surface area contributed by atoms with Gasteiger partial charge in [0.2, 0.25) is 0 Å². The summed E-state index contributed by atoms with van der Waals surface area (Å²) in [5, 5.41) is 0. The van der Waals surface area contributed by atoms with Crippen LogP contribution in [0.1, 0.15) is 33.3 Å². The Bertz CT molecular complexity index is 485. The van der Waals surface area contributed by atoms with Crippen molar-refractivity contribution in [1.29, 1.82) is 0 Å². The van der Waals surface area contributed by atoms with E-state index >= 15 is 0 Å². The fourth-order valence-corrected chi connectivity index (χ4v) is 6.58. The van der Waals surface area contributed by atoms with Crippen LogP contribution in [0, 0.1) is 10.8 Å². The molecule has 4 nitrogen and oxygen atoms in total. The monoisotopic (exact) mass is 326 g/mol. The van der Waals surface area contributed by atoms with Crippen LogP contribution in [0.2, 0.25) is 0 Å². The van der Waals surface area contributed by atoms with Gasteiger partial charge < -0.3 is 0 Å². The van der Waals surface area contributed by atoms with Crippen LogP contribution in [0.4, 0.5) is 0 Å². The summed E-state index contributed by atoms with van der Waals surface area (Å²) in [6.45, 7) is 10.9. The summed E-state index contributed by atoms with van der Waals surface area (Å²) < 4.78 is 25.1. The second-order valence-electron chi connectivity index (χ2n) is 8.03. The molecular formula is C17H27O4P. The second kappa shape index (κ2) is 5.25. The first kappa shape index (κ1) is 16.4. The molecule has 22 heavy (non-hydrogen) atoms. The molecule has 0 atom stereocenters. The quantitative estimate of drug-likeness (QED) is 0.747. The van der Waals surface area contributed by atoms with E-state index in [0.717, 1.165) is 5.56 Å². The molecule has 1 aromatic carbocycles. The molecule has 3 rings (SSSR count). The third-order valence-electron chi connectivity index (χ3n) is 4.10. The average Bonchev–Trinajstić information content (AvgIpc) is 2.48. The molecule has 2 fully saturated rings. The van der Waals surface area contributed by atoms with Crippen LogP contribution in [0.3, 0.4) is 0 Å². The van der Waals surface area contributed by atoms with Gasteiger partial charge in [-0.2, -0.15) is 0 Å². The van der Waals surface area contributed by atoms with Crippen LogP contribution >= 0.6 is 7.51 Å². The van der Waals surface area contributed by atoms with Gasteiger partial charge in [0.25, 0.3) is 0 Å². The zero-order chi connectivity index (χ0) is 15.9. The van der Waals surface area contributed by atoms with Crippen LogP contribution in [-0.2, 0) is 24.3 Å². The standard InChI is InChI=1S/C17H27O4P/c1-16(2)11-18-22(19-12-16,10-15-8-6-5-7-9-15)20-13-17(3,4)14-21-22/h5-9H,10-14H2,1-4H3. The summed E-state index contributed by atoms with van der Waals surface area (Å²) in [7, 11) is -3.53. The minimum atomic E-state index is -3.53. The van der Waals surface area contributed by atoms with Crippen LogP contribution < -0.4 is 0 Å². The van der Waals surface area contributed by atoms with Gasteiger partial charge in [0.15, 0.2) is 0 Å². The Morgan fingerprint density at radius 3 is 1.59 bits per heavy atom. The van der Waals surface area contributed by atoms with Gasteiger partial charge in [-0.1, -0.05) is 0 Å². The van der Waals surface area contributed by atoms with Crippen molar-refractivity contribution in [1.82, 2.24) is 0 Å². The van der Waals surface area contributed by atoms with Gasteiger partial charge in [0.05, 0.1) is 0 Å². The van der Waals surface area contributed by atoms with E-state index in [0.29, 0.717) is 32.6 Å². The van der Waals surface area contributed by atoms with Gasteiger partial charge in [0, 0.05) is 0 Å². The molecule has 1 spiro atoms. The molecule has 1 aromatic rings. The first-order valence-corrected chi connectivity index (χ1v) is 9.97. The normalized spacial score (nSPS) is 30.3. The molecule has 0 unspecified atom stereocenters. The molecule has 0 amide bonds. The predicted molar refractivity (Wildman–Crippen MR) is 88.4 cm³/mol. The average molecular weight is 326 g/mol. The number of hydrogen-bond acceptors (Lipinski definition) is 4. The number of hydrogen-bond donors (Lipinski definition) is 0. The van der Waals surface area contributed by atoms with E-state index in [9.17, 15) is 0 Å². The summed E-state index contributed by atoms with van der Waals surface area (Å²) in [6.07, 6.45) is 0.554. The van der Waals surface area contributed by atoms with Crippen LogP contribution in [0.25, 0.3) is 0 Å². The van der Waals surface area contributed by atoms with Gasteiger partial charge >= 0.3 is 133 Å². The van der Waals surface area contributed by atoms with Crippen LogP contribution in [0.15, 0.2) is 30.3 Å². The molecule has 2 aliphatic rings. The van der Waals surface area contributed by atoms with Crippen molar-refractivity contribution >= 4 is 7.51 Å². The van der Waals surface area contributed by atoms with Crippen molar-refractivity contribution < 1.29 is 18.1 Å². The fourth-order valence-electron chi connectivity index (χ4n) is 2.57. The summed E-state index contributed by atoms with van der Waals surface area (Å²) in [5.41, 5.74) is 1.10. The molecule has 2 heterocycles. The Balaban J connectivity index is 1.90. The second-order valence-corrected chi connectivity index (χ2v) is 11.3. The molecule has 0 aromatic heterocycles. The summed E-state index contributed by atoms with van der Waals surface area (Å²) in [6, 6.07) is 10.2. The third kappa shape index (κ3) is 3.22. The van der Waals surface area contributed by atoms with Crippen molar-refractivity contribution in [3.8, 4) is 0 Å². The Kier molecular flexibility index (Phi) is 3.90. The first-order valence-electron chi connectivity index (χ1n) is 7.88. The van der Waals surface area contributed by atoms with Gasteiger partial charge in [0.1, 0.15) is 0 Å². The van der Waals surface area contributed by atoms with Crippen molar-refractivity contribution in [2.24, 2.45) is 10.8 Å². The molecule has 0 aliphatic carbocycles. The van der Waals surface area contributed by atoms with Crippen molar-refractivity contribution in [3.63, 3.8) is 0 Å². The van der Waals surface area contributed by atoms with Crippen LogP contribution in [-0.4, -0.2) is 26.4 Å². The summed E-state index contributed by atoms with van der Waals surface area (Å²) >= 11 is 0. The van der Waals surface area contributed by atoms with Crippen molar-refractivity contribution in [3.05, 3.63) is 35.9 Å². The van der Waals surface area contributed by atoms with E-state index in [1.807, 2.05) is 18.2 Å². The molecular weight excluding hydrogens is 299 g/mol. The maximum absolute atomic E-state index is 6.27. The third-order valence-corrected chi connectivity index (χ3v) is 7.50. The minimum absolute atomic E-state index is 0.0144. The first-order chi connectivity index (χ1) is 10.2. The number of rotatable bonds is 2. The Morgan fingerprint density at radius 2 is 1.18 bits per heavy atom. The predicted octanol–water partition coefficient (Wildman–Crippen LogP) is 4.55. The zero-order valence-electron chi connectivity index (χ0n) is 14.0. The summed E-state index contributed by atoms with van der Waals surface area (Å²) in [5.74, 6) is 0. The Morgan fingerprint density at radius 1 is 0.773 bits per heavy atom. The fraction of sp³-hybridized carbons (Fsp3) is 0.647. The van der Waals surface area contributed by atoms with Crippen LogP contribution in [0.5, 0.6) is 0 Å². The van der Waals surface area contributed by atoms with Crippen molar-refractivity contribution in [2.45, 2.75) is 33.9 Å². The zero-order valence-corrected chi connectivity index (χ0v) is 14.9. The molecule has 2 saturated heterocycles. The van der Waals surface area contributed by atoms with E-state index in [1.165, 1.54) is 0 Å². The van der Waals surface area contributed by atoms with Gasteiger partial charge in [-0.3, -0.25) is 0 Å². The molecule has 0 saturated carbocycles. The molecule has 0 bridgehead atoms. The molecule has 0 N–H and O–H groups in total. The Labute approximate surface area is 133 Å². The van der Waals surface area contributed by atoms with E-state index < -0.39 is 7.51 Å². The van der Waals surface area contributed by atoms with E-state index in [1.54, 1.807) is 0 Å². The summed E-state index contributed by atoms with van der Waals surface area (Å²) in [4.78, 5) is 0. The van der Waals surface area contributed by atoms with E-state index in [2.05, 4.69) is 39.8 Å². The maximum atomic E-state index is 6.27. The SMILES string of the molecule is CC1(C)COP2(Cc3ccccc3)(OC1)OCC(C)(C)CO2. The molecule has 0 radical (unpaired) electrons. The number of benzene rings is 1. The van der Waals surface area contributed by atoms with E-state index in [4.69, 9.17) is 18.1 Å². The Hall–Kier alpha value is -0.510. The van der Waals surface area contributed by atoms with Crippen molar-refractivity contribution in [2.75, 3.05) is 26.4 Å². The molecule has 2 aliphatic heterocycles. The van der Waals surface area contributed by atoms with Gasteiger partial charge in [-0.25, -0.2) is 0 Å². The topological polar surface area (TPSA) is 36.9 Å². The molecule has 5 heteroatoms.